The van der Waals surface area contributed by atoms with Gasteiger partial charge in [0.1, 0.15) is 0 Å². The second-order valence-corrected chi connectivity index (χ2v) is 4.95. The first-order chi connectivity index (χ1) is 6.99. The van der Waals surface area contributed by atoms with Crippen LogP contribution < -0.4 is 0 Å². The van der Waals surface area contributed by atoms with Crippen molar-refractivity contribution in [2.45, 2.75) is 26.2 Å². The summed E-state index contributed by atoms with van der Waals surface area (Å²) in [6.45, 7) is 1.92. The van der Waals surface area contributed by atoms with Crippen molar-refractivity contribution in [2.75, 3.05) is 12.9 Å². The maximum atomic E-state index is 11.4. The smallest absolute Gasteiger partial charge is 0.460 e. The van der Waals surface area contributed by atoms with Gasteiger partial charge in [0.15, 0.2) is 0 Å². The average molecular weight is 234 g/mol. The van der Waals surface area contributed by atoms with E-state index in [1.165, 1.54) is 0 Å². The lowest BCUT2D eigenvalue weighted by Crippen LogP contribution is -2.28. The molecule has 0 heterocycles. The molecule has 0 aliphatic rings. The molecule has 0 spiro atoms. The topological polar surface area (TPSA) is 96.8 Å². The molecule has 6 nitrogen and oxygen atoms in total. The maximum Gasteiger partial charge on any atom is 0.488 e. The normalized spacial score (nSPS) is 10.5. The van der Waals surface area contributed by atoms with Gasteiger partial charge in [-0.2, -0.15) is 0 Å². The highest BCUT2D eigenvalue weighted by atomic mass is 32.2. The summed E-state index contributed by atoms with van der Waals surface area (Å²) < 4.78 is 27.1. The fraction of sp³-hybridized carbons (Fsp3) is 0.750. The highest BCUT2D eigenvalue weighted by Crippen LogP contribution is 2.02. The first-order valence-electron chi connectivity index (χ1n) is 4.52. The van der Waals surface area contributed by atoms with Gasteiger partial charge in [-0.25, -0.2) is 13.2 Å². The van der Waals surface area contributed by atoms with E-state index in [1.54, 1.807) is 0 Å². The van der Waals surface area contributed by atoms with Crippen LogP contribution in [0.5, 0.6) is 0 Å². The minimum absolute atomic E-state index is 0.213. The fourth-order valence-corrected chi connectivity index (χ4v) is 2.20. The molecule has 0 aromatic carbocycles. The Labute approximate surface area is 88.8 Å². The molecule has 0 rings (SSSR count). The zero-order valence-electron chi connectivity index (χ0n) is 8.76. The van der Waals surface area contributed by atoms with Crippen molar-refractivity contribution in [2.24, 2.45) is 0 Å². The van der Waals surface area contributed by atoms with Gasteiger partial charge in [0.2, 0.25) is 0 Å². The number of unbranched alkanes of at least 4 members (excludes halogenated alkanes) is 2. The Morgan fingerprint density at radius 2 is 2.00 bits per heavy atom. The van der Waals surface area contributed by atoms with Crippen LogP contribution in [0, 0.1) is 0 Å². The molecule has 0 fully saturated rings. The van der Waals surface area contributed by atoms with Crippen LogP contribution in [-0.2, 0) is 19.4 Å². The Morgan fingerprint density at radius 1 is 1.40 bits per heavy atom. The Kier molecular flexibility index (Phi) is 5.81. The van der Waals surface area contributed by atoms with Crippen LogP contribution in [0.4, 0.5) is 0 Å². The zero-order valence-corrected chi connectivity index (χ0v) is 9.58. The number of hydrogen-bond acceptors (Lipinski definition) is 4. The van der Waals surface area contributed by atoms with Gasteiger partial charge >= 0.3 is 11.0 Å². The summed E-state index contributed by atoms with van der Waals surface area (Å²) in [7, 11) is -2.81. The van der Waals surface area contributed by atoms with Crippen molar-refractivity contribution in [1.29, 1.82) is 0 Å². The number of ether oxygens (including phenoxy) is 1. The third-order valence-electron chi connectivity index (χ3n) is 1.76. The minimum atomic E-state index is -3.83. The molecule has 0 aromatic rings. The summed E-state index contributed by atoms with van der Waals surface area (Å²) in [5.41, 5.74) is 8.43. The summed E-state index contributed by atoms with van der Waals surface area (Å²) in [6, 6.07) is 0. The van der Waals surface area contributed by atoms with Gasteiger partial charge in [-0.15, -0.1) is 4.79 Å². The first-order valence-corrected chi connectivity index (χ1v) is 6.18. The van der Waals surface area contributed by atoms with Crippen LogP contribution >= 0.6 is 0 Å². The summed E-state index contributed by atoms with van der Waals surface area (Å²) >= 11 is 0. The number of sulfone groups is 1. The third-order valence-corrected chi connectivity index (χ3v) is 3.43. The molecule has 0 unspecified atom stereocenters. The number of nitrogens with zero attached hydrogens (tertiary/aromatic N) is 2. The Balaban J connectivity index is 4.71. The third kappa shape index (κ3) is 4.22. The van der Waals surface area contributed by atoms with E-state index in [4.69, 9.17) is 5.53 Å². The quantitative estimate of drug-likeness (QED) is 0.175. The molecule has 0 saturated carbocycles. The van der Waals surface area contributed by atoms with Gasteiger partial charge in [-0.3, -0.25) is 0 Å². The highest BCUT2D eigenvalue weighted by Gasteiger charge is 2.36. The predicted molar refractivity (Wildman–Crippen MR) is 54.0 cm³/mol. The van der Waals surface area contributed by atoms with Crippen LogP contribution in [0.3, 0.4) is 0 Å². The number of esters is 1. The van der Waals surface area contributed by atoms with E-state index >= 15 is 0 Å². The molecule has 0 bridgehead atoms. The van der Waals surface area contributed by atoms with E-state index in [-0.39, 0.29) is 5.75 Å². The molecule has 0 aliphatic heterocycles. The van der Waals surface area contributed by atoms with Gasteiger partial charge in [-0.05, 0) is 6.42 Å². The van der Waals surface area contributed by atoms with Crippen LogP contribution in [0.1, 0.15) is 26.2 Å². The summed E-state index contributed by atoms with van der Waals surface area (Å²) in [4.78, 5) is 13.4. The van der Waals surface area contributed by atoms with E-state index in [0.717, 1.165) is 20.0 Å². The molecule has 0 amide bonds. The Bertz CT molecular complexity index is 368. The molecule has 0 aromatic heterocycles. The van der Waals surface area contributed by atoms with Gasteiger partial charge in [0, 0.05) is 0 Å². The summed E-state index contributed by atoms with van der Waals surface area (Å²) in [5, 5.41) is -0.930. The zero-order chi connectivity index (χ0) is 11.9. The van der Waals surface area contributed by atoms with Gasteiger partial charge in [0.05, 0.1) is 12.9 Å². The van der Waals surface area contributed by atoms with Crippen molar-refractivity contribution >= 4 is 20.9 Å². The molecule has 86 valence electrons. The second-order valence-electron chi connectivity index (χ2n) is 2.92. The number of rotatable bonds is 4. The standard InChI is InChI=1S/C8H14N2O4S/c1-3-4-5-6-15(12,13)7(10-9)8(11)14-2/h3-6H2,1-2H3. The van der Waals surface area contributed by atoms with Gasteiger partial charge in [0.25, 0.3) is 9.84 Å². The second kappa shape index (κ2) is 6.31. The highest BCUT2D eigenvalue weighted by molar-refractivity contribution is 8.07. The number of carbonyl (C=O) groups excluding carboxylic acids is 1. The predicted octanol–water partition coefficient (Wildman–Crippen LogP) is 0.393. The molecule has 7 heteroatoms. The molecule has 0 radical (unpaired) electrons. The van der Waals surface area contributed by atoms with Crippen LogP contribution in [0.25, 0.3) is 5.53 Å². The molecular formula is C8H14N2O4S. The molecule has 0 atom stereocenters. The number of carbonyl (C=O) groups is 1. The lowest BCUT2D eigenvalue weighted by Gasteiger charge is -1.97. The first kappa shape index (κ1) is 13.8. The van der Waals surface area contributed by atoms with E-state index in [0.29, 0.717) is 6.42 Å². The van der Waals surface area contributed by atoms with Crippen LogP contribution in [-0.4, -0.2) is 37.1 Å². The van der Waals surface area contributed by atoms with Crippen molar-refractivity contribution < 1.29 is 22.7 Å². The van der Waals surface area contributed by atoms with E-state index < -0.39 is 20.9 Å². The number of methoxy groups -OCH3 is 1. The summed E-state index contributed by atoms with van der Waals surface area (Å²) in [5.74, 6) is -1.36. The Morgan fingerprint density at radius 3 is 2.40 bits per heavy atom. The van der Waals surface area contributed by atoms with Crippen molar-refractivity contribution in [3.8, 4) is 0 Å². The van der Waals surface area contributed by atoms with Crippen molar-refractivity contribution in [1.82, 2.24) is 0 Å². The van der Waals surface area contributed by atoms with E-state index in [9.17, 15) is 13.2 Å². The maximum absolute atomic E-state index is 11.4. The largest absolute Gasteiger partial charge is 0.488 e. The lowest BCUT2D eigenvalue weighted by molar-refractivity contribution is -0.136. The van der Waals surface area contributed by atoms with E-state index in [1.807, 2.05) is 6.92 Å². The van der Waals surface area contributed by atoms with Crippen molar-refractivity contribution in [3.05, 3.63) is 5.53 Å². The Hall–Kier alpha value is -1.20. The van der Waals surface area contributed by atoms with Gasteiger partial charge in [-0.1, -0.05) is 19.8 Å². The molecular weight excluding hydrogens is 220 g/mol. The molecule has 15 heavy (non-hydrogen) atoms. The fourth-order valence-electron chi connectivity index (χ4n) is 0.956. The van der Waals surface area contributed by atoms with Crippen LogP contribution in [0.2, 0.25) is 0 Å². The summed E-state index contributed by atoms with van der Waals surface area (Å²) in [6.07, 6.45) is 2.02. The SMILES string of the molecule is CCCCCS(=O)(=O)C(=[N+]=[N-])C(=O)OC. The van der Waals surface area contributed by atoms with Gasteiger partial charge < -0.3 is 10.3 Å². The van der Waals surface area contributed by atoms with E-state index in [2.05, 4.69) is 9.53 Å². The monoisotopic (exact) mass is 234 g/mol. The average Bonchev–Trinajstić information content (AvgIpc) is 2.18. The molecule has 0 saturated heterocycles. The molecule has 0 N–H and O–H groups in total. The lowest BCUT2D eigenvalue weighted by atomic mass is 10.3. The molecule has 0 aliphatic carbocycles. The van der Waals surface area contributed by atoms with Crippen LogP contribution in [0.15, 0.2) is 0 Å². The minimum Gasteiger partial charge on any atom is -0.460 e. The van der Waals surface area contributed by atoms with Crippen molar-refractivity contribution in [3.63, 3.8) is 0 Å². The number of hydrogen-bond donors (Lipinski definition) is 0.